The van der Waals surface area contributed by atoms with E-state index in [0.717, 1.165) is 5.56 Å². The molecule has 0 spiro atoms. The summed E-state index contributed by atoms with van der Waals surface area (Å²) in [6, 6.07) is 16.2. The topological polar surface area (TPSA) is 66.4 Å². The molecule has 0 fully saturated rings. The molecular weight excluding hydrogens is 287 g/mol. The van der Waals surface area contributed by atoms with Gasteiger partial charge in [-0.25, -0.2) is 8.42 Å². The molecule has 0 saturated carbocycles. The molecule has 4 nitrogen and oxygen atoms in total. The van der Waals surface area contributed by atoms with Gasteiger partial charge < -0.3 is 9.29 Å². The van der Waals surface area contributed by atoms with Gasteiger partial charge in [0, 0.05) is 0 Å². The predicted molar refractivity (Wildman–Crippen MR) is 70.6 cm³/mol. The van der Waals surface area contributed by atoms with E-state index in [4.69, 9.17) is 4.74 Å². The second-order valence-corrected chi connectivity index (χ2v) is 5.52. The van der Waals surface area contributed by atoms with Gasteiger partial charge in [-0.1, -0.05) is 42.5 Å². The molecule has 0 atom stereocenters. The van der Waals surface area contributed by atoms with E-state index in [1.807, 2.05) is 30.3 Å². The first-order valence-corrected chi connectivity index (χ1v) is 7.30. The van der Waals surface area contributed by atoms with Crippen LogP contribution in [0.25, 0.3) is 0 Å². The fourth-order valence-electron chi connectivity index (χ4n) is 1.63. The molecule has 20 heavy (non-hydrogen) atoms. The van der Waals surface area contributed by atoms with Gasteiger partial charge in [0.2, 0.25) is 0 Å². The van der Waals surface area contributed by atoms with Crippen molar-refractivity contribution in [2.75, 3.05) is 0 Å². The summed E-state index contributed by atoms with van der Waals surface area (Å²) in [7, 11) is -4.24. The maximum Gasteiger partial charge on any atom is 1.00 e. The Kier molecular flexibility index (Phi) is 6.71. The third kappa shape index (κ3) is 6.07. The summed E-state index contributed by atoms with van der Waals surface area (Å²) < 4.78 is 37.4. The summed E-state index contributed by atoms with van der Waals surface area (Å²) >= 11 is 0. The largest absolute Gasteiger partial charge is 1.00 e. The molecule has 0 aliphatic rings. The van der Waals surface area contributed by atoms with Crippen molar-refractivity contribution in [3.8, 4) is 5.75 Å². The van der Waals surface area contributed by atoms with Crippen LogP contribution in [0.4, 0.5) is 0 Å². The average Bonchev–Trinajstić information content (AvgIpc) is 2.37. The molecule has 100 valence electrons. The van der Waals surface area contributed by atoms with Crippen LogP contribution in [0.5, 0.6) is 5.75 Å². The minimum Gasteiger partial charge on any atom is -0.748 e. The van der Waals surface area contributed by atoms with Crippen molar-refractivity contribution >= 4 is 10.1 Å². The maximum absolute atomic E-state index is 10.6. The van der Waals surface area contributed by atoms with Crippen LogP contribution in [0.15, 0.2) is 54.6 Å². The van der Waals surface area contributed by atoms with Crippen LogP contribution in [0.1, 0.15) is 11.1 Å². The Balaban J connectivity index is 0.00000200. The fourth-order valence-corrected chi connectivity index (χ4v) is 2.23. The first kappa shape index (κ1) is 17.2. The zero-order chi connectivity index (χ0) is 13.7. The summed E-state index contributed by atoms with van der Waals surface area (Å²) in [5.74, 6) is 0.141. The van der Waals surface area contributed by atoms with E-state index in [-0.39, 0.29) is 29.6 Å². The van der Waals surface area contributed by atoms with Gasteiger partial charge in [0.15, 0.2) is 0 Å². The van der Waals surface area contributed by atoms with Gasteiger partial charge in [-0.05, 0) is 23.3 Å². The molecule has 2 rings (SSSR count). The second-order valence-electron chi connectivity index (χ2n) is 4.12. The zero-order valence-corrected chi connectivity index (χ0v) is 14.0. The Bertz CT molecular complexity index is 624. The number of ether oxygens (including phenoxy) is 1. The molecule has 6 heteroatoms. The van der Waals surface area contributed by atoms with E-state index in [2.05, 4.69) is 0 Å². The summed E-state index contributed by atoms with van der Waals surface area (Å²) in [4.78, 5) is 0. The third-order valence-corrected chi connectivity index (χ3v) is 3.20. The van der Waals surface area contributed by atoms with Crippen molar-refractivity contribution in [1.29, 1.82) is 0 Å². The van der Waals surface area contributed by atoms with Gasteiger partial charge in [-0.2, -0.15) is 0 Å². The van der Waals surface area contributed by atoms with Crippen LogP contribution < -0.4 is 34.3 Å². The Hall–Kier alpha value is -0.850. The Labute approximate surface area is 140 Å². The van der Waals surface area contributed by atoms with Gasteiger partial charge in [0.25, 0.3) is 0 Å². The molecular formula is C14H13NaO4S. The molecule has 0 bridgehead atoms. The number of hydrogen-bond acceptors (Lipinski definition) is 4. The summed E-state index contributed by atoms with van der Waals surface area (Å²) in [5.41, 5.74) is 1.51. The summed E-state index contributed by atoms with van der Waals surface area (Å²) in [6.07, 6.45) is 0. The van der Waals surface area contributed by atoms with Crippen LogP contribution >= 0.6 is 0 Å². The molecule has 0 N–H and O–H groups in total. The van der Waals surface area contributed by atoms with Gasteiger partial charge in [0.1, 0.15) is 12.4 Å². The molecule has 0 aromatic heterocycles. The zero-order valence-electron chi connectivity index (χ0n) is 11.2. The second kappa shape index (κ2) is 7.81. The van der Waals surface area contributed by atoms with Gasteiger partial charge >= 0.3 is 29.6 Å². The molecule has 0 heterocycles. The van der Waals surface area contributed by atoms with Crippen LogP contribution in [0, 0.1) is 0 Å². The van der Waals surface area contributed by atoms with E-state index in [0.29, 0.717) is 17.9 Å². The number of benzene rings is 2. The van der Waals surface area contributed by atoms with Crippen LogP contribution in [-0.4, -0.2) is 13.0 Å². The van der Waals surface area contributed by atoms with Gasteiger partial charge in [0.05, 0.1) is 15.9 Å². The molecule has 0 unspecified atom stereocenters. The van der Waals surface area contributed by atoms with Gasteiger partial charge in [-0.3, -0.25) is 0 Å². The molecule has 0 amide bonds. The molecule has 0 radical (unpaired) electrons. The smallest absolute Gasteiger partial charge is 0.748 e. The monoisotopic (exact) mass is 300 g/mol. The van der Waals surface area contributed by atoms with Crippen LogP contribution in [0.3, 0.4) is 0 Å². The van der Waals surface area contributed by atoms with E-state index >= 15 is 0 Å². The Morgan fingerprint density at radius 2 is 1.50 bits per heavy atom. The van der Waals surface area contributed by atoms with E-state index in [1.54, 1.807) is 24.3 Å². The van der Waals surface area contributed by atoms with Gasteiger partial charge in [-0.15, -0.1) is 0 Å². The normalized spacial score (nSPS) is 10.7. The van der Waals surface area contributed by atoms with E-state index < -0.39 is 15.9 Å². The molecule has 2 aromatic carbocycles. The van der Waals surface area contributed by atoms with E-state index in [9.17, 15) is 13.0 Å². The Morgan fingerprint density at radius 3 is 2.05 bits per heavy atom. The van der Waals surface area contributed by atoms with Crippen molar-refractivity contribution < 1.29 is 47.3 Å². The minimum absolute atomic E-state index is 0. The standard InChI is InChI=1S/C14H14O4S.Na/c15-19(16,17)11-13-6-8-14(9-7-13)18-10-12-4-2-1-3-5-12;/h1-9H,10-11H2,(H,15,16,17);/q;+1/p-1. The first-order chi connectivity index (χ1) is 9.03. The van der Waals surface area contributed by atoms with Crippen LogP contribution in [0.2, 0.25) is 0 Å². The predicted octanol–water partition coefficient (Wildman–Crippen LogP) is -0.685. The summed E-state index contributed by atoms with van der Waals surface area (Å²) in [5, 5.41) is 0. The Morgan fingerprint density at radius 1 is 0.900 bits per heavy atom. The minimum atomic E-state index is -4.24. The van der Waals surface area contributed by atoms with Crippen molar-refractivity contribution in [1.82, 2.24) is 0 Å². The maximum atomic E-state index is 10.6. The molecule has 0 saturated heterocycles. The first-order valence-electron chi connectivity index (χ1n) is 5.72. The van der Waals surface area contributed by atoms with Crippen molar-refractivity contribution in [2.24, 2.45) is 0 Å². The van der Waals surface area contributed by atoms with Crippen molar-refractivity contribution in [2.45, 2.75) is 12.4 Å². The van der Waals surface area contributed by atoms with E-state index in [1.165, 1.54) is 0 Å². The quantitative estimate of drug-likeness (QED) is 0.542. The van der Waals surface area contributed by atoms with Crippen molar-refractivity contribution in [3.63, 3.8) is 0 Å². The third-order valence-electron chi connectivity index (χ3n) is 2.52. The molecule has 0 aliphatic carbocycles. The number of hydrogen-bond donors (Lipinski definition) is 0. The molecule has 0 aliphatic heterocycles. The average molecular weight is 300 g/mol. The van der Waals surface area contributed by atoms with Crippen LogP contribution in [-0.2, 0) is 22.5 Å². The molecule has 2 aromatic rings. The summed E-state index contributed by atoms with van der Waals surface area (Å²) in [6.45, 7) is 0.444. The SMILES string of the molecule is O=S(=O)([O-])Cc1ccc(OCc2ccccc2)cc1.[Na+]. The van der Waals surface area contributed by atoms with Crippen molar-refractivity contribution in [3.05, 3.63) is 65.7 Å². The fraction of sp³-hybridized carbons (Fsp3) is 0.143. The number of rotatable bonds is 5.